The predicted octanol–water partition coefficient (Wildman–Crippen LogP) is 5.62. The first kappa shape index (κ1) is 31.2. The number of hydrogen-bond acceptors (Lipinski definition) is 7. The van der Waals surface area contributed by atoms with Crippen molar-refractivity contribution in [3.05, 3.63) is 52.7 Å². The Labute approximate surface area is 245 Å². The van der Waals surface area contributed by atoms with Crippen LogP contribution in [0, 0.1) is 0 Å². The van der Waals surface area contributed by atoms with Gasteiger partial charge >= 0.3 is 18.4 Å². The van der Waals surface area contributed by atoms with E-state index in [0.717, 1.165) is 44.7 Å². The molecule has 236 valence electrons. The zero-order chi connectivity index (χ0) is 30.9. The fourth-order valence-electron chi connectivity index (χ4n) is 6.03. The van der Waals surface area contributed by atoms with E-state index in [1.165, 1.54) is 4.90 Å². The number of amides is 1. The fraction of sp³-hybridized carbons (Fsp3) is 0.586. The lowest BCUT2D eigenvalue weighted by Gasteiger charge is -2.37. The van der Waals surface area contributed by atoms with Gasteiger partial charge in [-0.1, -0.05) is 0 Å². The summed E-state index contributed by atoms with van der Waals surface area (Å²) in [5.41, 5.74) is -1.69. The van der Waals surface area contributed by atoms with Crippen LogP contribution in [-0.2, 0) is 28.4 Å². The van der Waals surface area contributed by atoms with Crippen molar-refractivity contribution >= 4 is 17.6 Å². The van der Waals surface area contributed by atoms with Gasteiger partial charge in [-0.05, 0) is 56.5 Å². The summed E-state index contributed by atoms with van der Waals surface area (Å²) in [6.07, 6.45) is -8.77. The minimum absolute atomic E-state index is 0.0174. The van der Waals surface area contributed by atoms with Gasteiger partial charge in [-0.2, -0.15) is 26.3 Å². The maximum Gasteiger partial charge on any atom is 0.416 e. The van der Waals surface area contributed by atoms with E-state index in [-0.39, 0.29) is 24.2 Å². The van der Waals surface area contributed by atoms with Crippen molar-refractivity contribution in [2.45, 2.75) is 63.8 Å². The van der Waals surface area contributed by atoms with E-state index in [9.17, 15) is 31.1 Å². The largest absolute Gasteiger partial charge is 0.439 e. The van der Waals surface area contributed by atoms with Gasteiger partial charge in [-0.15, -0.1) is 0 Å². The molecule has 3 aliphatic heterocycles. The summed E-state index contributed by atoms with van der Waals surface area (Å²) >= 11 is 0. The zero-order valence-electron chi connectivity index (χ0n) is 24.0. The molecule has 14 heteroatoms. The monoisotopic (exact) mass is 615 g/mol. The summed E-state index contributed by atoms with van der Waals surface area (Å²) in [5, 5.41) is 3.31. The molecule has 1 aromatic carbocycles. The number of ether oxygens (including phenoxy) is 2. The topological polar surface area (TPSA) is 70.2 Å². The van der Waals surface area contributed by atoms with Crippen LogP contribution in [0.25, 0.3) is 0 Å². The van der Waals surface area contributed by atoms with Crippen LogP contribution in [-0.4, -0.2) is 74.0 Å². The van der Waals surface area contributed by atoms with Crippen LogP contribution in [0.1, 0.15) is 55.0 Å². The van der Waals surface area contributed by atoms with Crippen molar-refractivity contribution in [3.63, 3.8) is 0 Å². The molecule has 0 unspecified atom stereocenters. The van der Waals surface area contributed by atoms with Crippen molar-refractivity contribution in [1.29, 1.82) is 0 Å². The van der Waals surface area contributed by atoms with Gasteiger partial charge in [0.2, 0.25) is 0 Å². The molecule has 1 N–H and O–H groups in total. The third kappa shape index (κ3) is 6.79. The number of nitrogens with one attached hydrogen (secondary N) is 1. The van der Waals surface area contributed by atoms with Crippen LogP contribution in [0.3, 0.4) is 0 Å². The molecule has 3 saturated heterocycles. The molecule has 0 aliphatic carbocycles. The first-order chi connectivity index (χ1) is 20.4. The van der Waals surface area contributed by atoms with Crippen molar-refractivity contribution in [2.24, 2.45) is 0 Å². The number of rotatable bonds is 7. The van der Waals surface area contributed by atoms with Crippen LogP contribution < -0.4 is 15.1 Å². The van der Waals surface area contributed by atoms with Gasteiger partial charge in [-0.3, -0.25) is 4.90 Å². The lowest BCUT2D eigenvalue weighted by atomic mass is 9.97. The third-order valence-electron chi connectivity index (χ3n) is 8.33. The highest BCUT2D eigenvalue weighted by Gasteiger charge is 2.43. The lowest BCUT2D eigenvalue weighted by Crippen LogP contribution is -2.44. The highest BCUT2D eigenvalue weighted by Crippen LogP contribution is 2.41. The van der Waals surface area contributed by atoms with Gasteiger partial charge in [-0.25, -0.2) is 9.78 Å². The highest BCUT2D eigenvalue weighted by atomic mass is 19.4. The molecule has 0 spiro atoms. The summed E-state index contributed by atoms with van der Waals surface area (Å²) in [7, 11) is 0. The molecular formula is C29H35F6N5O3. The molecule has 1 amide bonds. The normalized spacial score (nSPS) is 22.2. The quantitative estimate of drug-likeness (QED) is 0.406. The molecule has 8 nitrogen and oxygen atoms in total. The van der Waals surface area contributed by atoms with Crippen LogP contribution >= 0.6 is 0 Å². The number of piperazine rings is 1. The number of benzene rings is 1. The summed E-state index contributed by atoms with van der Waals surface area (Å²) in [6.45, 7) is 8.59. The number of aromatic nitrogens is 1. The summed E-state index contributed by atoms with van der Waals surface area (Å²) in [6, 6.07) is 2.58. The molecular weight excluding hydrogens is 580 g/mol. The van der Waals surface area contributed by atoms with Gasteiger partial charge in [0, 0.05) is 57.5 Å². The van der Waals surface area contributed by atoms with Crippen molar-refractivity contribution in [1.82, 2.24) is 15.2 Å². The van der Waals surface area contributed by atoms with Crippen molar-refractivity contribution < 1.29 is 40.6 Å². The second-order valence-electron chi connectivity index (χ2n) is 11.1. The Morgan fingerprint density at radius 2 is 1.63 bits per heavy atom. The van der Waals surface area contributed by atoms with Gasteiger partial charge in [0.15, 0.2) is 0 Å². The minimum Gasteiger partial charge on any atom is -0.439 e. The molecule has 0 saturated carbocycles. The number of anilines is 2. The number of nitrogens with zero attached hydrogens (tertiary/aromatic N) is 4. The number of carbonyl (C=O) groups is 1. The van der Waals surface area contributed by atoms with Gasteiger partial charge < -0.3 is 24.6 Å². The molecule has 2 aromatic rings. The molecule has 0 radical (unpaired) electrons. The van der Waals surface area contributed by atoms with Crippen molar-refractivity contribution in [3.8, 4) is 0 Å². The Hall–Kier alpha value is -3.26. The van der Waals surface area contributed by atoms with E-state index in [2.05, 4.69) is 15.1 Å². The van der Waals surface area contributed by atoms with E-state index in [0.29, 0.717) is 43.3 Å². The van der Waals surface area contributed by atoms with E-state index in [1.807, 2.05) is 19.2 Å². The van der Waals surface area contributed by atoms with Crippen LogP contribution in [0.4, 0.5) is 42.6 Å². The Morgan fingerprint density at radius 1 is 1.00 bits per heavy atom. The molecule has 3 fully saturated rings. The maximum atomic E-state index is 13.5. The zero-order valence-corrected chi connectivity index (χ0v) is 24.0. The fourth-order valence-corrected chi connectivity index (χ4v) is 6.03. The molecule has 0 bridgehead atoms. The molecule has 3 aliphatic rings. The number of halogens is 6. The number of hydrogen-bond donors (Lipinski definition) is 1. The smallest absolute Gasteiger partial charge is 0.416 e. The second-order valence-corrected chi connectivity index (χ2v) is 11.1. The van der Waals surface area contributed by atoms with Crippen LogP contribution in [0.2, 0.25) is 0 Å². The maximum absolute atomic E-state index is 13.5. The Kier molecular flexibility index (Phi) is 8.98. The number of cyclic esters (lactones) is 1. The molecule has 2 atom stereocenters. The Balaban J connectivity index is 1.48. The van der Waals surface area contributed by atoms with E-state index in [4.69, 9.17) is 14.5 Å². The van der Waals surface area contributed by atoms with Crippen molar-refractivity contribution in [2.75, 3.05) is 55.7 Å². The van der Waals surface area contributed by atoms with Gasteiger partial charge in [0.1, 0.15) is 11.9 Å². The summed E-state index contributed by atoms with van der Waals surface area (Å²) in [4.78, 5) is 23.7. The average molecular weight is 616 g/mol. The average Bonchev–Trinajstić information content (AvgIpc) is 3.26. The molecule has 4 heterocycles. The second kappa shape index (κ2) is 12.4. The third-order valence-corrected chi connectivity index (χ3v) is 8.33. The van der Waals surface area contributed by atoms with E-state index >= 15 is 0 Å². The number of pyridine rings is 1. The first-order valence-corrected chi connectivity index (χ1v) is 14.4. The summed E-state index contributed by atoms with van der Waals surface area (Å²) < 4.78 is 92.3. The standard InChI is InChI=1S/C29H35F6N5O3/c1-3-39(23-4-10-42-11-5-23)26-20(14-24(16-37-26)38-8-6-36-7-9-38)17-40-18(2)25(43-27(40)41)19-12-21(28(30,31)32)15-22(13-19)29(33,34)35/h12-16,18,23,25,36H,3-11,17H2,1-2H3/t18-,25-/m0/s1. The molecule has 5 rings (SSSR count). The van der Waals surface area contributed by atoms with Gasteiger partial charge in [0.25, 0.3) is 0 Å². The Bertz CT molecular complexity index is 1260. The SMILES string of the molecule is CCN(c1ncc(N2CCNCC2)cc1CN1C(=O)O[C@H](c2cc(C(F)(F)F)cc(C(F)(F)F)c2)[C@@H]1C)C1CCOCC1. The van der Waals surface area contributed by atoms with E-state index in [1.54, 1.807) is 6.92 Å². The first-order valence-electron chi connectivity index (χ1n) is 14.4. The minimum atomic E-state index is -5.01. The van der Waals surface area contributed by atoms with Crippen LogP contribution in [0.5, 0.6) is 0 Å². The summed E-state index contributed by atoms with van der Waals surface area (Å²) in [5.74, 6) is 0.676. The highest BCUT2D eigenvalue weighted by molar-refractivity contribution is 5.72. The molecule has 43 heavy (non-hydrogen) atoms. The lowest BCUT2D eigenvalue weighted by molar-refractivity contribution is -0.143. The van der Waals surface area contributed by atoms with Crippen LogP contribution in [0.15, 0.2) is 30.5 Å². The number of carbonyl (C=O) groups excluding carboxylic acids is 1. The predicted molar refractivity (Wildman–Crippen MR) is 147 cm³/mol. The number of alkyl halides is 6. The van der Waals surface area contributed by atoms with E-state index < -0.39 is 41.7 Å². The molecule has 1 aromatic heterocycles. The van der Waals surface area contributed by atoms with Gasteiger partial charge in [0.05, 0.1) is 35.6 Å². The Morgan fingerprint density at radius 3 is 2.21 bits per heavy atom.